The van der Waals surface area contributed by atoms with E-state index in [4.69, 9.17) is 5.11 Å². The Labute approximate surface area is 123 Å². The van der Waals surface area contributed by atoms with Crippen molar-refractivity contribution in [2.75, 3.05) is 32.1 Å². The number of halogens is 3. The van der Waals surface area contributed by atoms with E-state index >= 15 is 0 Å². The number of rotatable bonds is 3. The minimum absolute atomic E-state index is 0.0830. The first-order valence-corrected chi connectivity index (χ1v) is 7.05. The standard InChI is InChI=1S/C15H21F3N2O/c1-19-7-3-4-13(9-19)20(2)12-6-5-11(10-21)14(8-12)15(16,17)18/h5-6,8,13,21H,3-4,7,9-10H2,1-2H3. The molecule has 0 saturated carbocycles. The second-order valence-electron chi connectivity index (χ2n) is 5.67. The lowest BCUT2D eigenvalue weighted by Gasteiger charge is -2.37. The van der Waals surface area contributed by atoms with E-state index in [0.29, 0.717) is 5.69 Å². The Morgan fingerprint density at radius 3 is 2.67 bits per heavy atom. The molecule has 3 nitrogen and oxygen atoms in total. The SMILES string of the molecule is CN1CCCC(N(C)c2ccc(CO)c(C(F)(F)F)c2)C1. The summed E-state index contributed by atoms with van der Waals surface area (Å²) in [5.41, 5.74) is -0.293. The minimum atomic E-state index is -4.45. The topological polar surface area (TPSA) is 26.7 Å². The van der Waals surface area contributed by atoms with Gasteiger partial charge in [-0.1, -0.05) is 6.07 Å². The molecule has 1 aliphatic rings. The first-order valence-electron chi connectivity index (χ1n) is 7.05. The summed E-state index contributed by atoms with van der Waals surface area (Å²) < 4.78 is 39.1. The molecule has 1 aromatic rings. The molecule has 1 unspecified atom stereocenters. The van der Waals surface area contributed by atoms with Gasteiger partial charge in [-0.15, -0.1) is 0 Å². The van der Waals surface area contributed by atoms with Crippen LogP contribution in [0.25, 0.3) is 0 Å². The van der Waals surface area contributed by atoms with Gasteiger partial charge in [-0.25, -0.2) is 0 Å². The average Bonchev–Trinajstić information content (AvgIpc) is 2.45. The third-order valence-corrected chi connectivity index (χ3v) is 4.12. The Kier molecular flexibility index (Phi) is 4.78. The lowest BCUT2D eigenvalue weighted by molar-refractivity contribution is -0.138. The van der Waals surface area contributed by atoms with Gasteiger partial charge in [0.25, 0.3) is 0 Å². The van der Waals surface area contributed by atoms with Crippen molar-refractivity contribution in [2.24, 2.45) is 0 Å². The zero-order valence-electron chi connectivity index (χ0n) is 12.3. The van der Waals surface area contributed by atoms with Crippen molar-refractivity contribution in [3.63, 3.8) is 0 Å². The molecule has 1 aromatic carbocycles. The molecule has 1 saturated heterocycles. The maximum absolute atomic E-state index is 13.0. The molecule has 0 aliphatic carbocycles. The smallest absolute Gasteiger partial charge is 0.392 e. The normalized spacial score (nSPS) is 20.6. The van der Waals surface area contributed by atoms with Crippen LogP contribution < -0.4 is 4.90 Å². The third kappa shape index (κ3) is 3.68. The van der Waals surface area contributed by atoms with Crippen molar-refractivity contribution < 1.29 is 18.3 Å². The maximum atomic E-state index is 13.0. The van der Waals surface area contributed by atoms with Gasteiger partial charge in [-0.05, 0) is 44.1 Å². The number of likely N-dealkylation sites (tertiary alicyclic amines) is 1. The van der Waals surface area contributed by atoms with E-state index in [-0.39, 0.29) is 11.6 Å². The summed E-state index contributed by atoms with van der Waals surface area (Å²) in [5.74, 6) is 0. The monoisotopic (exact) mass is 302 g/mol. The predicted octanol–water partition coefficient (Wildman–Crippen LogP) is 2.73. The quantitative estimate of drug-likeness (QED) is 0.930. The van der Waals surface area contributed by atoms with E-state index in [1.165, 1.54) is 6.07 Å². The highest BCUT2D eigenvalue weighted by atomic mass is 19.4. The van der Waals surface area contributed by atoms with E-state index in [1.54, 1.807) is 6.07 Å². The summed E-state index contributed by atoms with van der Waals surface area (Å²) in [7, 11) is 3.86. The van der Waals surface area contributed by atoms with Gasteiger partial charge in [-0.3, -0.25) is 0 Å². The van der Waals surface area contributed by atoms with Crippen LogP contribution in [0, 0.1) is 0 Å². The molecule has 0 radical (unpaired) electrons. The summed E-state index contributed by atoms with van der Waals surface area (Å²) in [6.45, 7) is 1.27. The van der Waals surface area contributed by atoms with Crippen molar-refractivity contribution in [3.05, 3.63) is 29.3 Å². The second-order valence-corrected chi connectivity index (χ2v) is 5.67. The molecule has 0 spiro atoms. The molecule has 1 N–H and O–H groups in total. The van der Waals surface area contributed by atoms with Crippen LogP contribution in [0.1, 0.15) is 24.0 Å². The van der Waals surface area contributed by atoms with Crippen LogP contribution in [0.4, 0.5) is 18.9 Å². The molecule has 1 fully saturated rings. The van der Waals surface area contributed by atoms with Crippen LogP contribution in [0.5, 0.6) is 0 Å². The van der Waals surface area contributed by atoms with Gasteiger partial charge in [-0.2, -0.15) is 13.2 Å². The second kappa shape index (κ2) is 6.23. The van der Waals surface area contributed by atoms with Crippen LogP contribution in [0.2, 0.25) is 0 Å². The van der Waals surface area contributed by atoms with Gasteiger partial charge < -0.3 is 14.9 Å². The maximum Gasteiger partial charge on any atom is 0.416 e. The lowest BCUT2D eigenvalue weighted by atomic mass is 10.0. The molecular weight excluding hydrogens is 281 g/mol. The third-order valence-electron chi connectivity index (χ3n) is 4.12. The van der Waals surface area contributed by atoms with E-state index in [2.05, 4.69) is 4.90 Å². The lowest BCUT2D eigenvalue weighted by Crippen LogP contribution is -2.45. The zero-order chi connectivity index (χ0) is 15.6. The van der Waals surface area contributed by atoms with Crippen LogP contribution in [0.3, 0.4) is 0 Å². The Hall–Kier alpha value is -1.27. The van der Waals surface area contributed by atoms with Gasteiger partial charge in [0.15, 0.2) is 0 Å². The van der Waals surface area contributed by atoms with Gasteiger partial charge in [0, 0.05) is 25.3 Å². The fourth-order valence-electron chi connectivity index (χ4n) is 2.85. The molecule has 1 atom stereocenters. The number of piperidine rings is 1. The fraction of sp³-hybridized carbons (Fsp3) is 0.600. The molecule has 6 heteroatoms. The molecule has 118 valence electrons. The summed E-state index contributed by atoms with van der Waals surface area (Å²) in [6.07, 6.45) is -2.42. The minimum Gasteiger partial charge on any atom is -0.392 e. The Bertz CT molecular complexity index is 490. The van der Waals surface area contributed by atoms with Gasteiger partial charge in [0.2, 0.25) is 0 Å². The molecule has 2 rings (SSSR count). The summed E-state index contributed by atoms with van der Waals surface area (Å²) in [4.78, 5) is 4.10. The predicted molar refractivity (Wildman–Crippen MR) is 76.3 cm³/mol. The highest BCUT2D eigenvalue weighted by Gasteiger charge is 2.34. The first-order chi connectivity index (χ1) is 9.82. The average molecular weight is 302 g/mol. The molecule has 0 bridgehead atoms. The highest BCUT2D eigenvalue weighted by molar-refractivity contribution is 5.52. The molecule has 0 amide bonds. The largest absolute Gasteiger partial charge is 0.416 e. The number of nitrogens with zero attached hydrogens (tertiary/aromatic N) is 2. The number of hydrogen-bond acceptors (Lipinski definition) is 3. The Morgan fingerprint density at radius 2 is 2.10 bits per heavy atom. The summed E-state index contributed by atoms with van der Waals surface area (Å²) in [5, 5.41) is 9.07. The first kappa shape index (κ1) is 16.1. The van der Waals surface area contributed by atoms with Crippen molar-refractivity contribution in [2.45, 2.75) is 31.7 Å². The van der Waals surface area contributed by atoms with Crippen LogP contribution in [-0.4, -0.2) is 43.2 Å². The number of alkyl halides is 3. The fourth-order valence-corrected chi connectivity index (χ4v) is 2.85. The Morgan fingerprint density at radius 1 is 1.38 bits per heavy atom. The van der Waals surface area contributed by atoms with Crippen molar-refractivity contribution >= 4 is 5.69 Å². The summed E-state index contributed by atoms with van der Waals surface area (Å²) in [6, 6.07) is 4.36. The van der Waals surface area contributed by atoms with E-state index < -0.39 is 18.3 Å². The molecule has 1 heterocycles. The number of anilines is 1. The molecule has 21 heavy (non-hydrogen) atoms. The van der Waals surface area contributed by atoms with E-state index in [0.717, 1.165) is 32.0 Å². The van der Waals surface area contributed by atoms with Gasteiger partial charge >= 0.3 is 6.18 Å². The van der Waals surface area contributed by atoms with E-state index in [1.807, 2.05) is 19.0 Å². The van der Waals surface area contributed by atoms with Crippen LogP contribution in [0.15, 0.2) is 18.2 Å². The number of likely N-dealkylation sites (N-methyl/N-ethyl adjacent to an activating group) is 2. The van der Waals surface area contributed by atoms with E-state index in [9.17, 15) is 13.2 Å². The number of aliphatic hydroxyl groups excluding tert-OH is 1. The van der Waals surface area contributed by atoms with Gasteiger partial charge in [0.1, 0.15) is 0 Å². The van der Waals surface area contributed by atoms with Crippen molar-refractivity contribution in [1.82, 2.24) is 4.90 Å². The zero-order valence-corrected chi connectivity index (χ0v) is 12.3. The Balaban J connectivity index is 2.27. The molecule has 0 aromatic heterocycles. The summed E-state index contributed by atoms with van der Waals surface area (Å²) >= 11 is 0. The molecule has 1 aliphatic heterocycles. The van der Waals surface area contributed by atoms with Crippen LogP contribution >= 0.6 is 0 Å². The van der Waals surface area contributed by atoms with Gasteiger partial charge in [0.05, 0.1) is 12.2 Å². The van der Waals surface area contributed by atoms with Crippen molar-refractivity contribution in [1.29, 1.82) is 0 Å². The van der Waals surface area contributed by atoms with Crippen molar-refractivity contribution in [3.8, 4) is 0 Å². The molecular formula is C15H21F3N2O. The number of benzene rings is 1. The number of aliphatic hydroxyl groups is 1. The highest BCUT2D eigenvalue weighted by Crippen LogP contribution is 2.35. The number of hydrogen-bond donors (Lipinski definition) is 1. The van der Waals surface area contributed by atoms with Crippen LogP contribution in [-0.2, 0) is 12.8 Å².